The first-order valence-corrected chi connectivity index (χ1v) is 7.29. The summed E-state index contributed by atoms with van der Waals surface area (Å²) in [5.74, 6) is 1.16. The maximum atomic E-state index is 11.0. The normalized spacial score (nSPS) is 17.2. The quantitative estimate of drug-likeness (QED) is 0.581. The van der Waals surface area contributed by atoms with Crippen LogP contribution in [0.15, 0.2) is 46.0 Å². The molecule has 1 aromatic carbocycles. The number of guanidine groups is 1. The summed E-state index contributed by atoms with van der Waals surface area (Å²) in [7, 11) is 0. The molecule has 1 aromatic heterocycles. The topological polar surface area (TPSA) is 116 Å². The van der Waals surface area contributed by atoms with Crippen molar-refractivity contribution in [2.45, 2.75) is 19.0 Å². The molecule has 2 aromatic rings. The zero-order valence-corrected chi connectivity index (χ0v) is 12.5. The fraction of sp³-hybridized carbons (Fsp3) is 0.250. The molecule has 0 saturated heterocycles. The van der Waals surface area contributed by atoms with Crippen molar-refractivity contribution >= 4 is 11.9 Å². The van der Waals surface area contributed by atoms with E-state index >= 15 is 0 Å². The molecule has 1 amide bonds. The Morgan fingerprint density at radius 3 is 2.96 bits per heavy atom. The molecule has 23 heavy (non-hydrogen) atoms. The largest absolute Gasteiger partial charge is 0.493 e. The average Bonchev–Trinajstić information content (AvgIpc) is 3.03. The van der Waals surface area contributed by atoms with Crippen LogP contribution in [0.1, 0.15) is 34.1 Å². The number of aliphatic imine (C=N–C) groups is 1. The summed E-state index contributed by atoms with van der Waals surface area (Å²) in [6.07, 6.45) is 2.12. The molecule has 0 radical (unpaired) electrons. The number of carbonyl (C=O) groups is 1. The van der Waals surface area contributed by atoms with E-state index in [1.807, 2.05) is 24.3 Å². The molecule has 0 saturated carbocycles. The van der Waals surface area contributed by atoms with Crippen molar-refractivity contribution in [1.29, 1.82) is 0 Å². The number of hydrogen-bond acceptors (Lipinski definition) is 4. The van der Waals surface area contributed by atoms with Crippen LogP contribution in [0.25, 0.3) is 0 Å². The zero-order chi connectivity index (χ0) is 16.2. The minimum atomic E-state index is -0.533. The van der Waals surface area contributed by atoms with Crippen molar-refractivity contribution < 1.29 is 13.9 Å². The van der Waals surface area contributed by atoms with Crippen LogP contribution in [0.3, 0.4) is 0 Å². The average molecular weight is 314 g/mol. The third-order valence-electron chi connectivity index (χ3n) is 3.62. The lowest BCUT2D eigenvalue weighted by atomic mass is 10.0. The predicted molar refractivity (Wildman–Crippen MR) is 85.0 cm³/mol. The number of fused-ring (bicyclic) bond motifs is 1. The van der Waals surface area contributed by atoms with Crippen LogP contribution < -0.4 is 21.5 Å². The van der Waals surface area contributed by atoms with Gasteiger partial charge in [0.05, 0.1) is 18.2 Å². The van der Waals surface area contributed by atoms with Gasteiger partial charge in [-0.25, -0.2) is 4.99 Å². The van der Waals surface area contributed by atoms with E-state index in [0.717, 1.165) is 17.7 Å². The number of rotatable bonds is 4. The van der Waals surface area contributed by atoms with Crippen LogP contribution >= 0.6 is 0 Å². The van der Waals surface area contributed by atoms with Crippen LogP contribution in [-0.4, -0.2) is 18.5 Å². The van der Waals surface area contributed by atoms with Gasteiger partial charge < -0.3 is 25.9 Å². The molecule has 0 spiro atoms. The smallest absolute Gasteiger partial charge is 0.251 e. The molecule has 7 heteroatoms. The van der Waals surface area contributed by atoms with Crippen LogP contribution in [-0.2, 0) is 6.54 Å². The number of ether oxygens (including phenoxy) is 1. The van der Waals surface area contributed by atoms with Crippen molar-refractivity contribution in [3.8, 4) is 5.75 Å². The molecule has 0 fully saturated rings. The molecule has 0 aliphatic carbocycles. The van der Waals surface area contributed by atoms with E-state index in [-0.39, 0.29) is 12.6 Å². The van der Waals surface area contributed by atoms with Gasteiger partial charge in [-0.3, -0.25) is 4.79 Å². The summed E-state index contributed by atoms with van der Waals surface area (Å²) in [4.78, 5) is 15.2. The lowest BCUT2D eigenvalue weighted by Crippen LogP contribution is -2.37. The zero-order valence-electron chi connectivity index (χ0n) is 12.5. The molecule has 1 unspecified atom stereocenters. The highest BCUT2D eigenvalue weighted by Gasteiger charge is 2.21. The van der Waals surface area contributed by atoms with E-state index in [4.69, 9.17) is 20.6 Å². The molecule has 1 aliphatic rings. The number of nitrogens with zero attached hydrogens (tertiary/aromatic N) is 1. The number of benzene rings is 1. The van der Waals surface area contributed by atoms with Gasteiger partial charge in [0.1, 0.15) is 24.3 Å². The summed E-state index contributed by atoms with van der Waals surface area (Å²) >= 11 is 0. The van der Waals surface area contributed by atoms with E-state index in [0.29, 0.717) is 23.9 Å². The number of carbonyl (C=O) groups excluding carboxylic acids is 1. The molecule has 120 valence electrons. The molecule has 3 rings (SSSR count). The van der Waals surface area contributed by atoms with E-state index in [2.05, 4.69) is 10.3 Å². The lowest BCUT2D eigenvalue weighted by molar-refractivity contribution is 0.0999. The van der Waals surface area contributed by atoms with Gasteiger partial charge in [-0.05, 0) is 12.1 Å². The third-order valence-corrected chi connectivity index (χ3v) is 3.62. The highest BCUT2D eigenvalue weighted by molar-refractivity contribution is 5.92. The molecular weight excluding hydrogens is 296 g/mol. The second kappa shape index (κ2) is 6.43. The molecule has 2 heterocycles. The van der Waals surface area contributed by atoms with Crippen molar-refractivity contribution in [2.24, 2.45) is 16.5 Å². The number of para-hydroxylation sites is 1. The molecule has 5 N–H and O–H groups in total. The number of nitrogens with two attached hydrogens (primary N) is 2. The Morgan fingerprint density at radius 1 is 1.35 bits per heavy atom. The van der Waals surface area contributed by atoms with Gasteiger partial charge in [-0.15, -0.1) is 0 Å². The van der Waals surface area contributed by atoms with E-state index in [1.165, 1.54) is 6.26 Å². The maximum Gasteiger partial charge on any atom is 0.251 e. The maximum absolute atomic E-state index is 11.0. The number of primary amides is 1. The Balaban J connectivity index is 1.65. The van der Waals surface area contributed by atoms with Gasteiger partial charge in [0, 0.05) is 12.0 Å². The van der Waals surface area contributed by atoms with Gasteiger partial charge in [0.15, 0.2) is 5.96 Å². The highest BCUT2D eigenvalue weighted by Crippen LogP contribution is 2.31. The molecule has 0 bridgehead atoms. The Labute approximate surface area is 133 Å². The minimum Gasteiger partial charge on any atom is -0.493 e. The number of nitrogens with one attached hydrogen (secondary N) is 1. The van der Waals surface area contributed by atoms with E-state index in [1.54, 1.807) is 6.07 Å². The summed E-state index contributed by atoms with van der Waals surface area (Å²) in [5.41, 5.74) is 12.5. The summed E-state index contributed by atoms with van der Waals surface area (Å²) in [6, 6.07) is 9.45. The van der Waals surface area contributed by atoms with Crippen molar-refractivity contribution in [1.82, 2.24) is 5.32 Å². The first kappa shape index (κ1) is 15.0. The molecule has 1 atom stereocenters. The highest BCUT2D eigenvalue weighted by atomic mass is 16.5. The van der Waals surface area contributed by atoms with Crippen LogP contribution in [0, 0.1) is 0 Å². The van der Waals surface area contributed by atoms with E-state index < -0.39 is 5.91 Å². The van der Waals surface area contributed by atoms with E-state index in [9.17, 15) is 4.79 Å². The third kappa shape index (κ3) is 3.45. The standard InChI is InChI=1S/C16H18N4O3/c17-15(21)10-7-11(23-9-10)8-19-16(18)20-13-5-6-22-14-4-2-1-3-12(13)14/h1-4,7,9,13H,5-6,8H2,(H2,17,21)(H3,18,19,20). The Bertz CT molecular complexity index is 738. The van der Waals surface area contributed by atoms with Crippen molar-refractivity contribution in [3.63, 3.8) is 0 Å². The molecule has 7 nitrogen and oxygen atoms in total. The first-order valence-electron chi connectivity index (χ1n) is 7.29. The monoisotopic (exact) mass is 314 g/mol. The van der Waals surface area contributed by atoms with Crippen LogP contribution in [0.4, 0.5) is 0 Å². The minimum absolute atomic E-state index is 0.0569. The predicted octanol–water partition coefficient (Wildman–Crippen LogP) is 1.31. The van der Waals surface area contributed by atoms with Crippen LogP contribution in [0.5, 0.6) is 5.75 Å². The number of hydrogen-bond donors (Lipinski definition) is 3. The SMILES string of the molecule is NC(=O)c1coc(CN=C(N)NC2CCOc3ccccc32)c1. The second-order valence-corrected chi connectivity index (χ2v) is 5.24. The molecule has 1 aliphatic heterocycles. The summed E-state index contributed by atoms with van der Waals surface area (Å²) in [6.45, 7) is 0.860. The van der Waals surface area contributed by atoms with Crippen LogP contribution in [0.2, 0.25) is 0 Å². The molecular formula is C16H18N4O3. The number of amides is 1. The second-order valence-electron chi connectivity index (χ2n) is 5.24. The van der Waals surface area contributed by atoms with Gasteiger partial charge in [0.25, 0.3) is 5.91 Å². The Kier molecular flexibility index (Phi) is 4.18. The fourth-order valence-electron chi connectivity index (χ4n) is 2.47. The Hall–Kier alpha value is -2.96. The van der Waals surface area contributed by atoms with Gasteiger partial charge in [-0.2, -0.15) is 0 Å². The lowest BCUT2D eigenvalue weighted by Gasteiger charge is -2.26. The number of furan rings is 1. The van der Waals surface area contributed by atoms with Crippen molar-refractivity contribution in [2.75, 3.05) is 6.61 Å². The van der Waals surface area contributed by atoms with Gasteiger partial charge in [0.2, 0.25) is 0 Å². The van der Waals surface area contributed by atoms with Crippen molar-refractivity contribution in [3.05, 3.63) is 53.5 Å². The summed E-state index contributed by atoms with van der Waals surface area (Å²) in [5, 5.41) is 3.19. The Morgan fingerprint density at radius 2 is 2.17 bits per heavy atom. The van der Waals surface area contributed by atoms with Gasteiger partial charge >= 0.3 is 0 Å². The first-order chi connectivity index (χ1) is 11.1. The summed E-state index contributed by atoms with van der Waals surface area (Å²) < 4.78 is 10.8. The fourth-order valence-corrected chi connectivity index (χ4v) is 2.47. The van der Waals surface area contributed by atoms with Gasteiger partial charge in [-0.1, -0.05) is 18.2 Å².